The van der Waals surface area contributed by atoms with Crippen molar-refractivity contribution in [2.75, 3.05) is 6.61 Å². The van der Waals surface area contributed by atoms with Crippen LogP contribution in [0.25, 0.3) is 0 Å². The molecule has 0 aromatic carbocycles. The minimum absolute atomic E-state index is 0.137. The van der Waals surface area contributed by atoms with Crippen molar-refractivity contribution < 1.29 is 9.53 Å². The number of aromatic nitrogens is 1. The molecule has 1 heterocycles. The Bertz CT molecular complexity index is 326. The maximum absolute atomic E-state index is 11.1. The monoisotopic (exact) mass is 182 g/mol. The number of nitriles is 1. The van der Waals surface area contributed by atoms with Crippen LogP contribution < -0.4 is 0 Å². The molecule has 0 N–H and O–H groups in total. The van der Waals surface area contributed by atoms with Crippen LogP contribution in [0.3, 0.4) is 0 Å². The molecule has 0 aliphatic heterocycles. The first-order valence-corrected chi connectivity index (χ1v) is 4.18. The molecule has 0 spiro atoms. The number of thiazole rings is 1. The highest BCUT2D eigenvalue weighted by Gasteiger charge is 2.14. The Labute approximate surface area is 73.4 Å². The molecule has 0 radical (unpaired) electrons. The molecule has 1 rings (SSSR count). The quantitative estimate of drug-likeness (QED) is 0.644. The van der Waals surface area contributed by atoms with Gasteiger partial charge in [0, 0.05) is 0 Å². The summed E-state index contributed by atoms with van der Waals surface area (Å²) in [6.07, 6.45) is 0. The normalized spacial score (nSPS) is 9.00. The van der Waals surface area contributed by atoms with Crippen LogP contribution in [0.1, 0.15) is 22.3 Å². The van der Waals surface area contributed by atoms with E-state index in [9.17, 15) is 4.79 Å². The largest absolute Gasteiger partial charge is 0.462 e. The second kappa shape index (κ2) is 3.83. The molecule has 5 heteroatoms. The predicted molar refractivity (Wildman–Crippen MR) is 42.8 cm³/mol. The Morgan fingerprint density at radius 1 is 1.92 bits per heavy atom. The average Bonchev–Trinajstić information content (AvgIpc) is 2.51. The molecule has 0 bridgehead atoms. The fraction of sp³-hybridized carbons (Fsp3) is 0.286. The Morgan fingerprint density at radius 2 is 2.67 bits per heavy atom. The summed E-state index contributed by atoms with van der Waals surface area (Å²) < 4.78 is 4.71. The second-order valence-electron chi connectivity index (χ2n) is 1.86. The number of esters is 1. The Balaban J connectivity index is 2.88. The summed E-state index contributed by atoms with van der Waals surface area (Å²) in [7, 11) is 0. The van der Waals surface area contributed by atoms with Gasteiger partial charge in [-0.05, 0) is 6.92 Å². The lowest BCUT2D eigenvalue weighted by Gasteiger charge is -1.96. The van der Waals surface area contributed by atoms with E-state index < -0.39 is 5.97 Å². The number of rotatable bonds is 2. The minimum atomic E-state index is -0.475. The molecule has 62 valence electrons. The Morgan fingerprint density at radius 3 is 3.25 bits per heavy atom. The topological polar surface area (TPSA) is 63.0 Å². The second-order valence-corrected chi connectivity index (χ2v) is 2.72. The summed E-state index contributed by atoms with van der Waals surface area (Å²) in [6, 6.07) is 1.81. The predicted octanol–water partition coefficient (Wildman–Crippen LogP) is 1.19. The lowest BCUT2D eigenvalue weighted by molar-refractivity contribution is 0.0531. The molecule has 0 saturated carbocycles. The van der Waals surface area contributed by atoms with Crippen LogP contribution >= 0.6 is 11.3 Å². The van der Waals surface area contributed by atoms with E-state index in [-0.39, 0.29) is 10.6 Å². The van der Waals surface area contributed by atoms with Crippen molar-refractivity contribution in [1.82, 2.24) is 4.98 Å². The van der Waals surface area contributed by atoms with E-state index in [1.807, 2.05) is 6.07 Å². The summed E-state index contributed by atoms with van der Waals surface area (Å²) in [5.41, 5.74) is 1.59. The number of hydrogen-bond acceptors (Lipinski definition) is 5. The SMILES string of the molecule is CCOC(=O)c1scnc1C#N. The summed E-state index contributed by atoms with van der Waals surface area (Å²) in [5.74, 6) is -0.475. The van der Waals surface area contributed by atoms with Crippen LogP contribution in [-0.4, -0.2) is 17.6 Å². The molecule has 12 heavy (non-hydrogen) atoms. The van der Waals surface area contributed by atoms with Crippen molar-refractivity contribution in [2.45, 2.75) is 6.92 Å². The first kappa shape index (κ1) is 8.68. The lowest BCUT2D eigenvalue weighted by atomic mass is 10.4. The van der Waals surface area contributed by atoms with Gasteiger partial charge in [0.1, 0.15) is 6.07 Å². The fourth-order valence-corrected chi connectivity index (χ4v) is 1.30. The van der Waals surface area contributed by atoms with Crippen LogP contribution in [0.2, 0.25) is 0 Å². The van der Waals surface area contributed by atoms with E-state index in [1.54, 1.807) is 6.92 Å². The molecule has 0 atom stereocenters. The summed E-state index contributed by atoms with van der Waals surface area (Å²) in [4.78, 5) is 15.1. The van der Waals surface area contributed by atoms with Gasteiger partial charge >= 0.3 is 5.97 Å². The highest BCUT2D eigenvalue weighted by atomic mass is 32.1. The molecule has 4 nitrogen and oxygen atoms in total. The van der Waals surface area contributed by atoms with E-state index in [4.69, 9.17) is 10.00 Å². The molecule has 0 aliphatic carbocycles. The molecule has 1 aromatic rings. The third-order valence-electron chi connectivity index (χ3n) is 1.13. The molecule has 0 unspecified atom stereocenters. The van der Waals surface area contributed by atoms with Crippen molar-refractivity contribution in [3.05, 3.63) is 16.1 Å². The van der Waals surface area contributed by atoms with Gasteiger partial charge in [-0.1, -0.05) is 0 Å². The van der Waals surface area contributed by atoms with Crippen molar-refractivity contribution in [2.24, 2.45) is 0 Å². The van der Waals surface area contributed by atoms with E-state index in [0.29, 0.717) is 6.61 Å². The van der Waals surface area contributed by atoms with Gasteiger partial charge in [0.25, 0.3) is 0 Å². The molecule has 0 fully saturated rings. The number of carbonyl (C=O) groups excluding carboxylic acids is 1. The van der Waals surface area contributed by atoms with Crippen LogP contribution in [0.5, 0.6) is 0 Å². The Hall–Kier alpha value is -1.41. The van der Waals surface area contributed by atoms with Crippen molar-refractivity contribution in [1.29, 1.82) is 5.26 Å². The minimum Gasteiger partial charge on any atom is -0.462 e. The van der Waals surface area contributed by atoms with Gasteiger partial charge in [-0.2, -0.15) is 5.26 Å². The zero-order chi connectivity index (χ0) is 8.97. The van der Waals surface area contributed by atoms with Crippen LogP contribution in [-0.2, 0) is 4.74 Å². The molecule has 0 aliphatic rings. The van der Waals surface area contributed by atoms with Gasteiger partial charge < -0.3 is 4.74 Å². The third-order valence-corrected chi connectivity index (χ3v) is 1.94. The van der Waals surface area contributed by atoms with Gasteiger partial charge in [-0.3, -0.25) is 0 Å². The van der Waals surface area contributed by atoms with Crippen molar-refractivity contribution >= 4 is 17.3 Å². The van der Waals surface area contributed by atoms with Crippen LogP contribution in [0.15, 0.2) is 5.51 Å². The van der Waals surface area contributed by atoms with E-state index in [2.05, 4.69) is 4.98 Å². The number of carbonyl (C=O) groups is 1. The van der Waals surface area contributed by atoms with E-state index >= 15 is 0 Å². The zero-order valence-corrected chi connectivity index (χ0v) is 7.22. The summed E-state index contributed by atoms with van der Waals surface area (Å²) >= 11 is 1.11. The molecular weight excluding hydrogens is 176 g/mol. The maximum atomic E-state index is 11.1. The standard InChI is InChI=1S/C7H6N2O2S/c1-2-11-7(10)6-5(3-8)9-4-12-6/h4H,2H2,1H3. The molecule has 0 saturated heterocycles. The van der Waals surface area contributed by atoms with Crippen LogP contribution in [0.4, 0.5) is 0 Å². The maximum Gasteiger partial charge on any atom is 0.351 e. The summed E-state index contributed by atoms with van der Waals surface area (Å²) in [6.45, 7) is 2.02. The van der Waals surface area contributed by atoms with Gasteiger partial charge in [-0.15, -0.1) is 11.3 Å². The third kappa shape index (κ3) is 1.60. The van der Waals surface area contributed by atoms with E-state index in [0.717, 1.165) is 11.3 Å². The highest BCUT2D eigenvalue weighted by molar-refractivity contribution is 7.11. The Kier molecular flexibility index (Phi) is 2.77. The average molecular weight is 182 g/mol. The van der Waals surface area contributed by atoms with Crippen LogP contribution in [0, 0.1) is 11.3 Å². The lowest BCUT2D eigenvalue weighted by Crippen LogP contribution is -2.04. The van der Waals surface area contributed by atoms with Gasteiger partial charge in [-0.25, -0.2) is 9.78 Å². The molecule has 1 aromatic heterocycles. The molecular formula is C7H6N2O2S. The van der Waals surface area contributed by atoms with Gasteiger partial charge in [0.05, 0.1) is 12.1 Å². The van der Waals surface area contributed by atoms with Crippen molar-refractivity contribution in [3.8, 4) is 6.07 Å². The number of hydrogen-bond donors (Lipinski definition) is 0. The number of ether oxygens (including phenoxy) is 1. The first-order chi connectivity index (χ1) is 5.79. The van der Waals surface area contributed by atoms with Gasteiger partial charge in [0.2, 0.25) is 0 Å². The number of nitrogens with zero attached hydrogens (tertiary/aromatic N) is 2. The summed E-state index contributed by atoms with van der Waals surface area (Å²) in [5, 5.41) is 8.51. The zero-order valence-electron chi connectivity index (χ0n) is 6.40. The van der Waals surface area contributed by atoms with Gasteiger partial charge in [0.15, 0.2) is 10.6 Å². The smallest absolute Gasteiger partial charge is 0.351 e. The molecule has 0 amide bonds. The first-order valence-electron chi connectivity index (χ1n) is 3.30. The fourth-order valence-electron chi connectivity index (χ4n) is 0.667. The highest BCUT2D eigenvalue weighted by Crippen LogP contribution is 2.13. The van der Waals surface area contributed by atoms with E-state index in [1.165, 1.54) is 5.51 Å². The van der Waals surface area contributed by atoms with Crippen molar-refractivity contribution in [3.63, 3.8) is 0 Å².